The number of hydroxylamine groups is 1. The van der Waals surface area contributed by atoms with Crippen LogP contribution in [-0.2, 0) is 11.2 Å². The fourth-order valence-electron chi connectivity index (χ4n) is 2.42. The van der Waals surface area contributed by atoms with Gasteiger partial charge in [0.25, 0.3) is 5.91 Å². The molecule has 2 heterocycles. The zero-order valence-electron chi connectivity index (χ0n) is 12.5. The van der Waals surface area contributed by atoms with Crippen LogP contribution in [-0.4, -0.2) is 27.0 Å². The van der Waals surface area contributed by atoms with Crippen LogP contribution >= 0.6 is 31.9 Å². The third-order valence-electron chi connectivity index (χ3n) is 3.47. The largest absolute Gasteiger partial charge is 0.360 e. The molecule has 3 aromatic rings. The molecule has 0 aliphatic rings. The lowest BCUT2D eigenvalue weighted by Crippen LogP contribution is -2.27. The van der Waals surface area contributed by atoms with Crippen LogP contribution in [0.5, 0.6) is 0 Å². The van der Waals surface area contributed by atoms with Crippen LogP contribution in [0.25, 0.3) is 5.65 Å². The van der Waals surface area contributed by atoms with Crippen molar-refractivity contribution in [2.45, 2.75) is 6.42 Å². The fourth-order valence-corrected chi connectivity index (χ4v) is 3.69. The molecule has 0 unspecified atom stereocenters. The van der Waals surface area contributed by atoms with E-state index in [-0.39, 0.29) is 6.54 Å². The number of fused-ring (bicyclic) bond motifs is 1. The number of carbonyl (C=O) groups excluding carboxylic acids is 1. The van der Waals surface area contributed by atoms with Gasteiger partial charge in [-0.1, -0.05) is 30.3 Å². The number of carbonyl (C=O) groups is 1. The molecule has 3 N–H and O–H groups in total. The summed E-state index contributed by atoms with van der Waals surface area (Å²) >= 11 is 6.98. The zero-order valence-corrected chi connectivity index (χ0v) is 15.6. The molecular weight excluding hydrogens is 440 g/mol. The first kappa shape index (κ1) is 16.9. The lowest BCUT2D eigenvalue weighted by Gasteiger charge is -2.08. The Hall–Kier alpha value is -1.90. The molecule has 0 bridgehead atoms. The summed E-state index contributed by atoms with van der Waals surface area (Å²) in [6.07, 6.45) is 2.50. The number of hydrogen-bond donors (Lipinski definition) is 3. The molecule has 2 aromatic heterocycles. The monoisotopic (exact) mass is 452 g/mol. The molecule has 1 aromatic carbocycles. The van der Waals surface area contributed by atoms with Crippen molar-refractivity contribution in [3.8, 4) is 0 Å². The number of halogens is 2. The van der Waals surface area contributed by atoms with Crippen molar-refractivity contribution in [1.29, 1.82) is 0 Å². The summed E-state index contributed by atoms with van der Waals surface area (Å²) in [6.45, 7) is -0.0593. The maximum Gasteiger partial charge on any atom is 0.262 e. The second-order valence-corrected chi connectivity index (χ2v) is 6.93. The maximum atomic E-state index is 11.4. The van der Waals surface area contributed by atoms with Gasteiger partial charge in [-0.2, -0.15) is 0 Å². The smallest absolute Gasteiger partial charge is 0.262 e. The van der Waals surface area contributed by atoms with Gasteiger partial charge in [0.05, 0.1) is 16.7 Å². The molecule has 1 amide bonds. The third-order valence-corrected chi connectivity index (χ3v) is 4.49. The van der Waals surface area contributed by atoms with E-state index in [0.717, 1.165) is 25.8 Å². The summed E-state index contributed by atoms with van der Waals surface area (Å²) in [5.41, 5.74) is 4.29. The Balaban J connectivity index is 2.05. The Morgan fingerprint density at radius 2 is 2.00 bits per heavy atom. The molecule has 124 valence electrons. The van der Waals surface area contributed by atoms with Crippen molar-refractivity contribution in [1.82, 2.24) is 14.9 Å². The molecule has 3 rings (SSSR count). The highest BCUT2D eigenvalue weighted by atomic mass is 79.9. The summed E-state index contributed by atoms with van der Waals surface area (Å²) in [7, 11) is 0. The number of nitrogens with zero attached hydrogens (tertiary/aromatic N) is 2. The molecule has 0 saturated heterocycles. The van der Waals surface area contributed by atoms with Crippen LogP contribution in [0.1, 0.15) is 11.3 Å². The van der Waals surface area contributed by atoms with Gasteiger partial charge in [-0.15, -0.1) is 0 Å². The molecular formula is C16H14Br2N4O2. The first-order chi connectivity index (χ1) is 11.6. The Morgan fingerprint density at radius 3 is 2.71 bits per heavy atom. The number of anilines is 1. The Labute approximate surface area is 155 Å². The number of hydrogen-bond acceptors (Lipinski definition) is 4. The molecule has 0 atom stereocenters. The van der Waals surface area contributed by atoms with Crippen LogP contribution in [0, 0.1) is 0 Å². The Bertz CT molecular complexity index is 881. The number of aromatic nitrogens is 2. The topological polar surface area (TPSA) is 78.7 Å². The highest BCUT2D eigenvalue weighted by Crippen LogP contribution is 2.28. The summed E-state index contributed by atoms with van der Waals surface area (Å²) in [6, 6.07) is 11.9. The Kier molecular flexibility index (Phi) is 5.17. The molecule has 0 fully saturated rings. The average molecular weight is 454 g/mol. The highest BCUT2D eigenvalue weighted by molar-refractivity contribution is 9.11. The van der Waals surface area contributed by atoms with E-state index in [0.29, 0.717) is 12.2 Å². The van der Waals surface area contributed by atoms with Gasteiger partial charge in [-0.25, -0.2) is 10.5 Å². The van der Waals surface area contributed by atoms with Gasteiger partial charge < -0.3 is 5.32 Å². The standard InChI is InChI=1S/C16H14Br2N4O2/c17-11-7-12(18)15-20-13(6-10-4-2-1-3-5-10)16(22(15)9-11)19-8-14(23)21-24/h1-5,7,9,19,24H,6,8H2,(H,21,23). The summed E-state index contributed by atoms with van der Waals surface area (Å²) < 4.78 is 3.59. The fraction of sp³-hybridized carbons (Fsp3) is 0.125. The number of nitrogens with one attached hydrogen (secondary N) is 2. The second-order valence-electron chi connectivity index (χ2n) is 5.16. The van der Waals surface area contributed by atoms with Gasteiger partial charge in [0.2, 0.25) is 0 Å². The van der Waals surface area contributed by atoms with Crippen molar-refractivity contribution in [2.75, 3.05) is 11.9 Å². The minimum atomic E-state index is -0.523. The minimum absolute atomic E-state index is 0.0593. The van der Waals surface area contributed by atoms with E-state index in [9.17, 15) is 4.79 Å². The van der Waals surface area contributed by atoms with E-state index >= 15 is 0 Å². The van der Waals surface area contributed by atoms with E-state index in [1.807, 2.05) is 47.0 Å². The zero-order chi connectivity index (χ0) is 17.1. The van der Waals surface area contributed by atoms with Crippen molar-refractivity contribution >= 4 is 49.2 Å². The van der Waals surface area contributed by atoms with Crippen molar-refractivity contribution in [3.63, 3.8) is 0 Å². The summed E-state index contributed by atoms with van der Waals surface area (Å²) in [5.74, 6) is 0.184. The molecule has 0 aliphatic heterocycles. The van der Waals surface area contributed by atoms with Gasteiger partial charge in [0.15, 0.2) is 5.65 Å². The van der Waals surface area contributed by atoms with Crippen molar-refractivity contribution in [2.24, 2.45) is 0 Å². The van der Waals surface area contributed by atoms with Crippen LogP contribution in [0.4, 0.5) is 5.82 Å². The molecule has 0 spiro atoms. The normalized spacial score (nSPS) is 10.8. The van der Waals surface area contributed by atoms with Gasteiger partial charge in [-0.05, 0) is 43.5 Å². The molecule has 24 heavy (non-hydrogen) atoms. The Morgan fingerprint density at radius 1 is 1.25 bits per heavy atom. The number of benzene rings is 1. The average Bonchev–Trinajstić information content (AvgIpc) is 2.91. The predicted octanol–water partition coefficient (Wildman–Crippen LogP) is 3.37. The van der Waals surface area contributed by atoms with Gasteiger partial charge >= 0.3 is 0 Å². The van der Waals surface area contributed by atoms with E-state index in [1.54, 1.807) is 5.48 Å². The van der Waals surface area contributed by atoms with E-state index in [4.69, 9.17) is 10.2 Å². The first-order valence-electron chi connectivity index (χ1n) is 7.15. The van der Waals surface area contributed by atoms with Gasteiger partial charge in [0.1, 0.15) is 5.82 Å². The second kappa shape index (κ2) is 7.33. The van der Waals surface area contributed by atoms with Crippen LogP contribution in [0.15, 0.2) is 51.5 Å². The SMILES string of the molecule is O=C(CNc1c(Cc2ccccc2)nc2c(Br)cc(Br)cn12)NO. The lowest BCUT2D eigenvalue weighted by atomic mass is 10.1. The van der Waals surface area contributed by atoms with Crippen LogP contribution in [0.3, 0.4) is 0 Å². The van der Waals surface area contributed by atoms with Gasteiger partial charge in [0, 0.05) is 17.1 Å². The molecule has 6 nitrogen and oxygen atoms in total. The highest BCUT2D eigenvalue weighted by Gasteiger charge is 2.16. The molecule has 0 radical (unpaired) electrons. The first-order valence-corrected chi connectivity index (χ1v) is 8.74. The van der Waals surface area contributed by atoms with Crippen molar-refractivity contribution < 1.29 is 10.0 Å². The molecule has 0 aliphatic carbocycles. The van der Waals surface area contributed by atoms with E-state index in [1.165, 1.54) is 0 Å². The molecule has 0 saturated carbocycles. The van der Waals surface area contributed by atoms with E-state index < -0.39 is 5.91 Å². The quantitative estimate of drug-likeness (QED) is 0.408. The van der Waals surface area contributed by atoms with Crippen molar-refractivity contribution in [3.05, 3.63) is 62.8 Å². The van der Waals surface area contributed by atoms with E-state index in [2.05, 4.69) is 37.2 Å². The minimum Gasteiger partial charge on any atom is -0.360 e. The number of rotatable bonds is 5. The number of amides is 1. The number of pyridine rings is 1. The van der Waals surface area contributed by atoms with Crippen LogP contribution in [0.2, 0.25) is 0 Å². The maximum absolute atomic E-state index is 11.4. The van der Waals surface area contributed by atoms with Gasteiger partial charge in [-0.3, -0.25) is 14.4 Å². The van der Waals surface area contributed by atoms with Crippen LogP contribution < -0.4 is 10.8 Å². The summed E-state index contributed by atoms with van der Waals surface area (Å²) in [4.78, 5) is 16.1. The predicted molar refractivity (Wildman–Crippen MR) is 98.3 cm³/mol. The lowest BCUT2D eigenvalue weighted by molar-refractivity contribution is -0.127. The number of imidazole rings is 1. The third kappa shape index (κ3) is 3.61. The molecule has 8 heteroatoms. The summed E-state index contributed by atoms with van der Waals surface area (Å²) in [5, 5.41) is 11.7.